The van der Waals surface area contributed by atoms with Gasteiger partial charge in [-0.05, 0) is 24.2 Å². The molecule has 3 nitrogen and oxygen atoms in total. The van der Waals surface area contributed by atoms with E-state index in [1.165, 1.54) is 25.7 Å². The van der Waals surface area contributed by atoms with Gasteiger partial charge in [-0.15, -0.1) is 0 Å². The predicted octanol–water partition coefficient (Wildman–Crippen LogP) is 4.18. The van der Waals surface area contributed by atoms with Gasteiger partial charge in [0, 0.05) is 6.54 Å². The first-order valence-corrected chi connectivity index (χ1v) is 8.92. The summed E-state index contributed by atoms with van der Waals surface area (Å²) in [7, 11) is 0. The minimum absolute atomic E-state index is 0.0198. The molecule has 0 aliphatic carbocycles. The largest absolute Gasteiger partial charge is 0.325 e. The molecule has 0 saturated carbocycles. The van der Waals surface area contributed by atoms with Crippen molar-refractivity contribution in [3.8, 4) is 0 Å². The Bertz CT molecular complexity index is 327. The highest BCUT2D eigenvalue weighted by Crippen LogP contribution is 2.29. The summed E-state index contributed by atoms with van der Waals surface area (Å²) in [6, 6.07) is 0.0198. The molecular weight excluding hydrogens is 260 g/mol. The highest BCUT2D eigenvalue weighted by Gasteiger charge is 2.41. The van der Waals surface area contributed by atoms with Crippen molar-refractivity contribution in [1.82, 2.24) is 10.2 Å². The summed E-state index contributed by atoms with van der Waals surface area (Å²) in [4.78, 5) is 14.9. The second-order valence-corrected chi connectivity index (χ2v) is 7.54. The van der Waals surface area contributed by atoms with E-state index in [0.29, 0.717) is 11.8 Å². The lowest BCUT2D eigenvalue weighted by Crippen LogP contribution is -2.42. The zero-order valence-corrected chi connectivity index (χ0v) is 15.0. The summed E-state index contributed by atoms with van der Waals surface area (Å²) in [5, 5.41) is 3.56. The first-order chi connectivity index (χ1) is 9.86. The van der Waals surface area contributed by atoms with Crippen LogP contribution in [0.15, 0.2) is 0 Å². The van der Waals surface area contributed by atoms with Crippen molar-refractivity contribution in [1.29, 1.82) is 0 Å². The van der Waals surface area contributed by atoms with E-state index in [2.05, 4.69) is 51.8 Å². The molecule has 1 aliphatic rings. The number of hydrogen-bond donors (Lipinski definition) is 1. The first-order valence-electron chi connectivity index (χ1n) is 8.92. The van der Waals surface area contributed by atoms with Crippen molar-refractivity contribution >= 4 is 5.91 Å². The van der Waals surface area contributed by atoms with Crippen molar-refractivity contribution in [3.05, 3.63) is 0 Å². The van der Waals surface area contributed by atoms with Gasteiger partial charge in [-0.1, -0.05) is 67.2 Å². The van der Waals surface area contributed by atoms with Crippen LogP contribution in [0.5, 0.6) is 0 Å². The van der Waals surface area contributed by atoms with Crippen molar-refractivity contribution in [2.45, 2.75) is 92.3 Å². The number of carbonyl (C=O) groups excluding carboxylic acids is 1. The number of unbranched alkanes of at least 4 members (excludes halogenated alkanes) is 2. The number of hydrogen-bond acceptors (Lipinski definition) is 2. The molecule has 1 heterocycles. The molecule has 3 unspecified atom stereocenters. The van der Waals surface area contributed by atoms with Crippen LogP contribution < -0.4 is 5.32 Å². The molecule has 0 aromatic rings. The van der Waals surface area contributed by atoms with E-state index in [1.807, 2.05) is 0 Å². The highest BCUT2D eigenvalue weighted by atomic mass is 16.2. The Morgan fingerprint density at radius 1 is 1.24 bits per heavy atom. The fraction of sp³-hybridized carbons (Fsp3) is 0.944. The summed E-state index contributed by atoms with van der Waals surface area (Å²) in [5.41, 5.74) is 0.213. The van der Waals surface area contributed by atoms with Crippen LogP contribution >= 0.6 is 0 Å². The van der Waals surface area contributed by atoms with E-state index in [-0.39, 0.29) is 17.6 Å². The minimum Gasteiger partial charge on any atom is -0.325 e. The van der Waals surface area contributed by atoms with E-state index in [0.717, 1.165) is 19.4 Å². The molecule has 0 aromatic heterocycles. The van der Waals surface area contributed by atoms with Crippen LogP contribution in [-0.2, 0) is 4.79 Å². The zero-order chi connectivity index (χ0) is 16.0. The standard InChI is InChI=1S/C18H36N2O/c1-7-10-11-12-18(5,6)13-20-15(9-3)19-16(17(20)21)14(4)8-2/h14-16,19H,7-13H2,1-6H3. The third kappa shape index (κ3) is 4.98. The monoisotopic (exact) mass is 296 g/mol. The number of rotatable bonds is 9. The molecule has 1 aliphatic heterocycles. The molecule has 1 saturated heterocycles. The van der Waals surface area contributed by atoms with E-state index >= 15 is 0 Å². The lowest BCUT2D eigenvalue weighted by molar-refractivity contribution is -0.132. The lowest BCUT2D eigenvalue weighted by Gasteiger charge is -2.33. The van der Waals surface area contributed by atoms with Crippen LogP contribution in [-0.4, -0.2) is 29.6 Å². The molecular formula is C18H36N2O. The van der Waals surface area contributed by atoms with Gasteiger partial charge in [0.25, 0.3) is 0 Å². The fourth-order valence-corrected chi connectivity index (χ4v) is 3.26. The summed E-state index contributed by atoms with van der Waals surface area (Å²) >= 11 is 0. The molecule has 1 amide bonds. The Morgan fingerprint density at radius 3 is 2.43 bits per heavy atom. The quantitative estimate of drug-likeness (QED) is 0.647. The van der Waals surface area contributed by atoms with Gasteiger partial charge in [0.1, 0.15) is 0 Å². The second kappa shape index (κ2) is 8.17. The van der Waals surface area contributed by atoms with Crippen LogP contribution in [0.25, 0.3) is 0 Å². The van der Waals surface area contributed by atoms with Gasteiger partial charge in [-0.3, -0.25) is 10.1 Å². The molecule has 1 N–H and O–H groups in total. The average molecular weight is 296 g/mol. The summed E-state index contributed by atoms with van der Waals surface area (Å²) in [6.07, 6.45) is 7.29. The van der Waals surface area contributed by atoms with E-state index in [1.54, 1.807) is 0 Å². The zero-order valence-electron chi connectivity index (χ0n) is 15.0. The maximum atomic E-state index is 12.7. The number of carbonyl (C=O) groups is 1. The minimum atomic E-state index is 0.0198. The molecule has 1 rings (SSSR count). The summed E-state index contributed by atoms with van der Waals surface area (Å²) < 4.78 is 0. The van der Waals surface area contributed by atoms with Gasteiger partial charge in [0.05, 0.1) is 12.2 Å². The maximum absolute atomic E-state index is 12.7. The Hall–Kier alpha value is -0.570. The molecule has 3 heteroatoms. The first kappa shape index (κ1) is 18.5. The van der Waals surface area contributed by atoms with Crippen LogP contribution in [0.4, 0.5) is 0 Å². The van der Waals surface area contributed by atoms with Gasteiger partial charge in [-0.2, -0.15) is 0 Å². The SMILES string of the molecule is CCCCCC(C)(C)CN1C(=O)C(C(C)CC)NC1CC. The summed E-state index contributed by atoms with van der Waals surface area (Å²) in [5.74, 6) is 0.736. The normalized spacial score (nSPS) is 24.7. The number of nitrogens with zero attached hydrogens (tertiary/aromatic N) is 1. The highest BCUT2D eigenvalue weighted by molar-refractivity contribution is 5.84. The Labute approximate surface area is 131 Å². The molecule has 0 radical (unpaired) electrons. The lowest BCUT2D eigenvalue weighted by atomic mass is 9.86. The van der Waals surface area contributed by atoms with E-state index in [4.69, 9.17) is 0 Å². The van der Waals surface area contributed by atoms with Crippen LogP contribution in [0.2, 0.25) is 0 Å². The van der Waals surface area contributed by atoms with E-state index in [9.17, 15) is 4.79 Å². The predicted molar refractivity (Wildman–Crippen MR) is 90.1 cm³/mol. The van der Waals surface area contributed by atoms with Crippen molar-refractivity contribution in [2.75, 3.05) is 6.54 Å². The molecule has 0 bridgehead atoms. The van der Waals surface area contributed by atoms with Gasteiger partial charge < -0.3 is 4.90 Å². The van der Waals surface area contributed by atoms with Crippen LogP contribution in [0.3, 0.4) is 0 Å². The van der Waals surface area contributed by atoms with Crippen molar-refractivity contribution in [2.24, 2.45) is 11.3 Å². The number of nitrogens with one attached hydrogen (secondary N) is 1. The second-order valence-electron chi connectivity index (χ2n) is 7.54. The van der Waals surface area contributed by atoms with Gasteiger partial charge in [0.2, 0.25) is 5.91 Å². The Morgan fingerprint density at radius 2 is 1.90 bits per heavy atom. The van der Waals surface area contributed by atoms with Crippen LogP contribution in [0, 0.1) is 11.3 Å². The smallest absolute Gasteiger partial charge is 0.241 e. The average Bonchev–Trinajstić information content (AvgIpc) is 2.74. The molecule has 124 valence electrons. The van der Waals surface area contributed by atoms with Gasteiger partial charge >= 0.3 is 0 Å². The Kier molecular flexibility index (Phi) is 7.19. The molecule has 0 aromatic carbocycles. The molecule has 0 spiro atoms. The third-order valence-electron chi connectivity index (χ3n) is 4.95. The summed E-state index contributed by atoms with van der Waals surface area (Å²) in [6.45, 7) is 14.2. The van der Waals surface area contributed by atoms with Gasteiger partial charge in [-0.25, -0.2) is 0 Å². The fourth-order valence-electron chi connectivity index (χ4n) is 3.26. The molecule has 21 heavy (non-hydrogen) atoms. The Balaban J connectivity index is 2.68. The van der Waals surface area contributed by atoms with E-state index < -0.39 is 0 Å². The van der Waals surface area contributed by atoms with Gasteiger partial charge in [0.15, 0.2) is 0 Å². The molecule has 3 atom stereocenters. The van der Waals surface area contributed by atoms with Crippen LogP contribution in [0.1, 0.15) is 80.1 Å². The maximum Gasteiger partial charge on any atom is 0.241 e. The van der Waals surface area contributed by atoms with Crippen molar-refractivity contribution in [3.63, 3.8) is 0 Å². The topological polar surface area (TPSA) is 32.3 Å². The van der Waals surface area contributed by atoms with Crippen molar-refractivity contribution < 1.29 is 4.79 Å². The number of amides is 1. The third-order valence-corrected chi connectivity index (χ3v) is 4.95. The molecule has 1 fully saturated rings.